The lowest BCUT2D eigenvalue weighted by Crippen LogP contribution is -2.21. The van der Waals surface area contributed by atoms with Crippen LogP contribution in [0.5, 0.6) is 0 Å². The van der Waals surface area contributed by atoms with Crippen molar-refractivity contribution >= 4 is 28.8 Å². The van der Waals surface area contributed by atoms with E-state index in [4.69, 9.17) is 11.6 Å². The van der Waals surface area contributed by atoms with Gasteiger partial charge in [0.25, 0.3) is 0 Å². The third kappa shape index (κ3) is 3.58. The van der Waals surface area contributed by atoms with E-state index in [9.17, 15) is 4.79 Å². The van der Waals surface area contributed by atoms with Gasteiger partial charge in [0.05, 0.1) is 17.3 Å². The molecule has 5 heteroatoms. The van der Waals surface area contributed by atoms with E-state index < -0.39 is 0 Å². The first kappa shape index (κ1) is 15.0. The van der Waals surface area contributed by atoms with E-state index in [0.29, 0.717) is 18.0 Å². The Morgan fingerprint density at radius 3 is 2.85 bits per heavy atom. The van der Waals surface area contributed by atoms with Gasteiger partial charge in [-0.2, -0.15) is 0 Å². The maximum absolute atomic E-state index is 11.5. The molecule has 1 aromatic carbocycles. The normalized spacial score (nSPS) is 10.6. The van der Waals surface area contributed by atoms with Gasteiger partial charge in [0.15, 0.2) is 0 Å². The summed E-state index contributed by atoms with van der Waals surface area (Å²) in [4.78, 5) is 17.1. The monoisotopic (exact) mass is 308 g/mol. The molecule has 0 spiro atoms. The Kier molecular flexibility index (Phi) is 5.15. The lowest BCUT2D eigenvalue weighted by Gasteiger charge is -2.02. The van der Waals surface area contributed by atoms with Crippen molar-refractivity contribution in [2.24, 2.45) is 0 Å². The Hall–Kier alpha value is -1.39. The van der Waals surface area contributed by atoms with Crippen LogP contribution in [0.4, 0.5) is 0 Å². The highest BCUT2D eigenvalue weighted by Crippen LogP contribution is 2.32. The van der Waals surface area contributed by atoms with Gasteiger partial charge in [0.2, 0.25) is 5.91 Å². The Morgan fingerprint density at radius 1 is 1.40 bits per heavy atom. The van der Waals surface area contributed by atoms with Crippen LogP contribution in [0.1, 0.15) is 30.3 Å². The molecule has 1 N–H and O–H groups in total. The molecule has 2 aromatic rings. The van der Waals surface area contributed by atoms with Crippen LogP contribution in [0.25, 0.3) is 10.6 Å². The predicted octanol–water partition coefficient (Wildman–Crippen LogP) is 4.19. The molecule has 1 amide bonds. The number of amides is 1. The molecule has 3 nitrogen and oxygen atoms in total. The topological polar surface area (TPSA) is 42.0 Å². The summed E-state index contributed by atoms with van der Waals surface area (Å²) in [6.07, 6.45) is 1.42. The highest BCUT2D eigenvalue weighted by molar-refractivity contribution is 7.15. The number of nitrogens with zero attached hydrogens (tertiary/aromatic N) is 1. The molecular formula is C15H17ClN2OS. The van der Waals surface area contributed by atoms with Crippen molar-refractivity contribution < 1.29 is 4.79 Å². The average molecular weight is 309 g/mol. The Morgan fingerprint density at radius 2 is 2.15 bits per heavy atom. The Labute approximate surface area is 128 Å². The summed E-state index contributed by atoms with van der Waals surface area (Å²) in [5.74, 6) is 0.0830. The smallest absolute Gasteiger partial charge is 0.220 e. The fraction of sp³-hybridized carbons (Fsp3) is 0.333. The predicted molar refractivity (Wildman–Crippen MR) is 84.1 cm³/mol. The number of halogens is 1. The van der Waals surface area contributed by atoms with Crippen molar-refractivity contribution in [1.82, 2.24) is 10.3 Å². The third-order valence-corrected chi connectivity index (χ3v) is 4.44. The van der Waals surface area contributed by atoms with E-state index in [0.717, 1.165) is 27.6 Å². The Bertz CT molecular complexity index is 610. The summed E-state index contributed by atoms with van der Waals surface area (Å²) < 4.78 is 0. The SMILES string of the molecule is CCCC(=O)NCc1sc(-c2ccccc2Cl)nc1C. The van der Waals surface area contributed by atoms with Gasteiger partial charge in [-0.1, -0.05) is 36.7 Å². The summed E-state index contributed by atoms with van der Waals surface area (Å²) in [5, 5.41) is 4.51. The standard InChI is InChI=1S/C15H17ClN2OS/c1-3-6-14(19)17-9-13-10(2)18-15(20-13)11-7-4-5-8-12(11)16/h4-5,7-8H,3,6,9H2,1-2H3,(H,17,19). The van der Waals surface area contributed by atoms with Crippen LogP contribution in [0.2, 0.25) is 5.02 Å². The van der Waals surface area contributed by atoms with Crippen LogP contribution in [-0.2, 0) is 11.3 Å². The maximum Gasteiger partial charge on any atom is 0.220 e. The van der Waals surface area contributed by atoms with E-state index in [1.54, 1.807) is 11.3 Å². The van der Waals surface area contributed by atoms with Gasteiger partial charge in [-0.25, -0.2) is 4.98 Å². The molecule has 0 bridgehead atoms. The van der Waals surface area contributed by atoms with Gasteiger partial charge in [-0.3, -0.25) is 4.79 Å². The quantitative estimate of drug-likeness (QED) is 0.900. The molecule has 0 fully saturated rings. The summed E-state index contributed by atoms with van der Waals surface area (Å²) in [7, 11) is 0. The minimum atomic E-state index is 0.0830. The number of nitrogens with one attached hydrogen (secondary N) is 1. The van der Waals surface area contributed by atoms with Crippen molar-refractivity contribution in [3.05, 3.63) is 39.9 Å². The van der Waals surface area contributed by atoms with Crippen LogP contribution < -0.4 is 5.32 Å². The second kappa shape index (κ2) is 6.86. The number of carbonyl (C=O) groups excluding carboxylic acids is 1. The molecule has 0 aliphatic rings. The van der Waals surface area contributed by atoms with Crippen LogP contribution in [0.15, 0.2) is 24.3 Å². The number of aryl methyl sites for hydroxylation is 1. The number of carbonyl (C=O) groups is 1. The number of aromatic nitrogens is 1. The summed E-state index contributed by atoms with van der Waals surface area (Å²) in [6, 6.07) is 7.66. The van der Waals surface area contributed by atoms with Crippen molar-refractivity contribution in [2.45, 2.75) is 33.2 Å². The first-order chi connectivity index (χ1) is 9.61. The zero-order valence-electron chi connectivity index (χ0n) is 11.6. The molecule has 1 heterocycles. The number of benzene rings is 1. The first-order valence-corrected chi connectivity index (χ1v) is 7.79. The number of hydrogen-bond donors (Lipinski definition) is 1. The van der Waals surface area contributed by atoms with E-state index in [-0.39, 0.29) is 5.91 Å². The summed E-state index contributed by atoms with van der Waals surface area (Å²) in [5.41, 5.74) is 1.88. The molecule has 0 atom stereocenters. The molecular weight excluding hydrogens is 292 g/mol. The van der Waals surface area contributed by atoms with Gasteiger partial charge in [-0.05, 0) is 19.4 Å². The zero-order chi connectivity index (χ0) is 14.5. The van der Waals surface area contributed by atoms with E-state index in [2.05, 4.69) is 10.3 Å². The second-order valence-corrected chi connectivity index (χ2v) is 6.03. The van der Waals surface area contributed by atoms with E-state index >= 15 is 0 Å². The largest absolute Gasteiger partial charge is 0.351 e. The molecule has 2 rings (SSSR count). The van der Waals surface area contributed by atoms with Crippen molar-refractivity contribution in [3.8, 4) is 10.6 Å². The van der Waals surface area contributed by atoms with E-state index in [1.807, 2.05) is 38.1 Å². The Balaban J connectivity index is 2.14. The van der Waals surface area contributed by atoms with Gasteiger partial charge < -0.3 is 5.32 Å². The molecule has 0 aliphatic carbocycles. The highest BCUT2D eigenvalue weighted by atomic mass is 35.5. The van der Waals surface area contributed by atoms with Crippen molar-refractivity contribution in [2.75, 3.05) is 0 Å². The van der Waals surface area contributed by atoms with Gasteiger partial charge in [0.1, 0.15) is 5.01 Å². The number of thiazole rings is 1. The van der Waals surface area contributed by atoms with Crippen molar-refractivity contribution in [1.29, 1.82) is 0 Å². The zero-order valence-corrected chi connectivity index (χ0v) is 13.1. The molecule has 106 valence electrons. The second-order valence-electron chi connectivity index (χ2n) is 4.53. The molecule has 0 radical (unpaired) electrons. The van der Waals surface area contributed by atoms with Gasteiger partial charge in [0, 0.05) is 16.9 Å². The molecule has 0 saturated carbocycles. The van der Waals surface area contributed by atoms with E-state index in [1.165, 1.54) is 0 Å². The highest BCUT2D eigenvalue weighted by Gasteiger charge is 2.12. The van der Waals surface area contributed by atoms with Crippen molar-refractivity contribution in [3.63, 3.8) is 0 Å². The van der Waals surface area contributed by atoms with Gasteiger partial charge in [-0.15, -0.1) is 11.3 Å². The fourth-order valence-corrected chi connectivity index (χ4v) is 3.16. The van der Waals surface area contributed by atoms with Crippen LogP contribution in [-0.4, -0.2) is 10.9 Å². The lowest BCUT2D eigenvalue weighted by molar-refractivity contribution is -0.121. The first-order valence-electron chi connectivity index (χ1n) is 6.59. The summed E-state index contributed by atoms with van der Waals surface area (Å²) in [6.45, 7) is 4.48. The third-order valence-electron chi connectivity index (χ3n) is 2.92. The van der Waals surface area contributed by atoms with Crippen LogP contribution in [0.3, 0.4) is 0 Å². The fourth-order valence-electron chi connectivity index (χ4n) is 1.84. The molecule has 0 saturated heterocycles. The maximum atomic E-state index is 11.5. The number of hydrogen-bond acceptors (Lipinski definition) is 3. The van der Waals surface area contributed by atoms with Gasteiger partial charge >= 0.3 is 0 Å². The molecule has 20 heavy (non-hydrogen) atoms. The molecule has 0 unspecified atom stereocenters. The van der Waals surface area contributed by atoms with Crippen LogP contribution >= 0.6 is 22.9 Å². The minimum Gasteiger partial charge on any atom is -0.351 e. The average Bonchev–Trinajstić information content (AvgIpc) is 2.78. The summed E-state index contributed by atoms with van der Waals surface area (Å²) >= 11 is 7.76. The lowest BCUT2D eigenvalue weighted by atomic mass is 10.2. The number of rotatable bonds is 5. The molecule has 0 aliphatic heterocycles. The molecule has 1 aromatic heterocycles. The minimum absolute atomic E-state index is 0.0830. The van der Waals surface area contributed by atoms with Crippen LogP contribution in [0, 0.1) is 6.92 Å².